The summed E-state index contributed by atoms with van der Waals surface area (Å²) in [5.41, 5.74) is 6.49. The van der Waals surface area contributed by atoms with E-state index >= 15 is 0 Å². The third kappa shape index (κ3) is 5.06. The smallest absolute Gasteiger partial charge is 0.394 e. The van der Waals surface area contributed by atoms with E-state index < -0.39 is 11.7 Å². The molecule has 0 fully saturated rings. The molecule has 1 heterocycles. The van der Waals surface area contributed by atoms with Gasteiger partial charge in [0.25, 0.3) is 0 Å². The first-order valence-corrected chi connectivity index (χ1v) is 7.17. The zero-order valence-corrected chi connectivity index (χ0v) is 13.0. The normalized spacial score (nSPS) is 12.1. The van der Waals surface area contributed by atoms with Gasteiger partial charge in [-0.15, -0.1) is 5.10 Å². The Morgan fingerprint density at radius 3 is 2.52 bits per heavy atom. The lowest BCUT2D eigenvalue weighted by Gasteiger charge is -2.15. The van der Waals surface area contributed by atoms with Crippen LogP contribution < -0.4 is 16.9 Å². The number of pyridine rings is 1. The molecule has 0 saturated heterocycles. The topological polar surface area (TPSA) is 113 Å². The van der Waals surface area contributed by atoms with Gasteiger partial charge in [-0.3, -0.25) is 4.98 Å². The lowest BCUT2D eigenvalue weighted by Crippen LogP contribution is -2.32. The highest BCUT2D eigenvalue weighted by Gasteiger charge is 2.29. The van der Waals surface area contributed by atoms with Crippen molar-refractivity contribution in [2.75, 3.05) is 18.5 Å². The minimum Gasteiger partial charge on any atom is -0.394 e. The van der Waals surface area contributed by atoms with Crippen molar-refractivity contribution >= 4 is 17.2 Å². The first-order valence-electron chi connectivity index (χ1n) is 7.17. The van der Waals surface area contributed by atoms with Crippen LogP contribution >= 0.6 is 0 Å². The molecule has 0 atom stereocenters. The van der Waals surface area contributed by atoms with Gasteiger partial charge in [-0.1, -0.05) is 0 Å². The largest absolute Gasteiger partial charge is 0.416 e. The van der Waals surface area contributed by atoms with E-state index in [1.165, 1.54) is 24.5 Å². The van der Waals surface area contributed by atoms with Crippen LogP contribution in [-0.4, -0.2) is 34.2 Å². The number of anilines is 2. The molecule has 0 aliphatic carbocycles. The summed E-state index contributed by atoms with van der Waals surface area (Å²) < 4.78 is 37.8. The molecule has 0 bridgehead atoms. The fourth-order valence-electron chi connectivity index (χ4n) is 1.95. The van der Waals surface area contributed by atoms with Crippen LogP contribution in [0.3, 0.4) is 0 Å². The van der Waals surface area contributed by atoms with Crippen LogP contribution in [0.4, 0.5) is 24.5 Å². The van der Waals surface area contributed by atoms with Crippen molar-refractivity contribution in [1.29, 1.82) is 0 Å². The summed E-state index contributed by atoms with van der Waals surface area (Å²) in [6, 6.07) is 6.16. The van der Waals surface area contributed by atoms with Crippen molar-refractivity contribution < 1.29 is 18.3 Å². The molecule has 2 rings (SSSR count). The summed E-state index contributed by atoms with van der Waals surface area (Å²) in [7, 11) is 0. The standard InChI is InChI=1S/C15H17F3N6O/c16-15(17,18)10-1-3-11(4-2-10)22-13-5-6-21-9-12(13)14(19)23-24(20)7-8-25/h1-6,9,25H,7-8,20H2,(H2,19,23)(H,21,22). The minimum absolute atomic E-state index is 0.0402. The van der Waals surface area contributed by atoms with Crippen molar-refractivity contribution in [3.8, 4) is 0 Å². The predicted molar refractivity (Wildman–Crippen MR) is 87.7 cm³/mol. The van der Waals surface area contributed by atoms with Crippen molar-refractivity contribution in [2.24, 2.45) is 16.7 Å². The van der Waals surface area contributed by atoms with Crippen LogP contribution in [0.1, 0.15) is 11.1 Å². The van der Waals surface area contributed by atoms with Crippen molar-refractivity contribution in [3.63, 3.8) is 0 Å². The predicted octanol–water partition coefficient (Wildman–Crippen LogP) is 1.63. The number of hydrogen-bond donors (Lipinski definition) is 4. The number of alkyl halides is 3. The second-order valence-electron chi connectivity index (χ2n) is 4.99. The molecule has 0 aliphatic rings. The number of halogens is 3. The third-order valence-electron chi connectivity index (χ3n) is 3.15. The molecule has 0 spiro atoms. The lowest BCUT2D eigenvalue weighted by molar-refractivity contribution is -0.137. The maximum absolute atomic E-state index is 12.6. The Hall–Kier alpha value is -2.85. The number of hydrogen-bond acceptors (Lipinski definition) is 6. The molecule has 0 amide bonds. The Morgan fingerprint density at radius 1 is 1.24 bits per heavy atom. The highest BCUT2D eigenvalue weighted by atomic mass is 19.4. The van der Waals surface area contributed by atoms with E-state index in [9.17, 15) is 13.2 Å². The van der Waals surface area contributed by atoms with E-state index in [1.54, 1.807) is 6.07 Å². The number of aliphatic hydroxyl groups is 1. The number of hydrazone groups is 1. The quantitative estimate of drug-likeness (QED) is 0.271. The van der Waals surface area contributed by atoms with E-state index in [-0.39, 0.29) is 19.0 Å². The third-order valence-corrected chi connectivity index (χ3v) is 3.15. The van der Waals surface area contributed by atoms with Crippen LogP contribution in [0, 0.1) is 0 Å². The molecule has 0 aliphatic heterocycles. The van der Waals surface area contributed by atoms with Crippen LogP contribution in [0.15, 0.2) is 47.8 Å². The van der Waals surface area contributed by atoms with Crippen LogP contribution in [0.25, 0.3) is 0 Å². The molecule has 134 valence electrons. The number of nitrogens with zero attached hydrogens (tertiary/aromatic N) is 3. The van der Waals surface area contributed by atoms with Gasteiger partial charge in [-0.2, -0.15) is 13.2 Å². The number of nitrogens with two attached hydrogens (primary N) is 2. The number of hydrazine groups is 1. The summed E-state index contributed by atoms with van der Waals surface area (Å²) in [6.45, 7) is -0.111. The van der Waals surface area contributed by atoms with E-state index in [4.69, 9.17) is 16.7 Å². The summed E-state index contributed by atoms with van der Waals surface area (Å²) in [6.07, 6.45) is -1.45. The molecule has 10 heteroatoms. The Morgan fingerprint density at radius 2 is 1.92 bits per heavy atom. The number of nitrogens with one attached hydrogen (secondary N) is 1. The van der Waals surface area contributed by atoms with Gasteiger partial charge in [-0.05, 0) is 30.3 Å². The molecule has 0 radical (unpaired) electrons. The molecular weight excluding hydrogens is 337 g/mol. The number of aliphatic hydroxyl groups excluding tert-OH is 1. The van der Waals surface area contributed by atoms with Gasteiger partial charge < -0.3 is 16.2 Å². The fourth-order valence-corrected chi connectivity index (χ4v) is 1.95. The van der Waals surface area contributed by atoms with Crippen molar-refractivity contribution in [1.82, 2.24) is 10.1 Å². The monoisotopic (exact) mass is 354 g/mol. The second kappa shape index (κ2) is 7.81. The van der Waals surface area contributed by atoms with E-state index in [0.29, 0.717) is 16.9 Å². The summed E-state index contributed by atoms with van der Waals surface area (Å²) in [5.74, 6) is 5.58. The van der Waals surface area contributed by atoms with Gasteiger partial charge >= 0.3 is 6.18 Å². The van der Waals surface area contributed by atoms with Crippen LogP contribution in [0.2, 0.25) is 0 Å². The fraction of sp³-hybridized carbons (Fsp3) is 0.200. The van der Waals surface area contributed by atoms with Gasteiger partial charge in [0.2, 0.25) is 0 Å². The molecular formula is C15H17F3N6O. The molecule has 6 N–H and O–H groups in total. The number of benzene rings is 1. The first kappa shape index (κ1) is 18.5. The highest BCUT2D eigenvalue weighted by Crippen LogP contribution is 2.30. The molecule has 7 nitrogen and oxygen atoms in total. The van der Waals surface area contributed by atoms with Crippen molar-refractivity contribution in [2.45, 2.75) is 6.18 Å². The Balaban J connectivity index is 2.23. The lowest BCUT2D eigenvalue weighted by atomic mass is 10.1. The molecule has 25 heavy (non-hydrogen) atoms. The second-order valence-corrected chi connectivity index (χ2v) is 4.99. The maximum atomic E-state index is 12.6. The summed E-state index contributed by atoms with van der Waals surface area (Å²) in [5, 5.41) is 16.7. The van der Waals surface area contributed by atoms with E-state index in [2.05, 4.69) is 15.4 Å². The average Bonchev–Trinajstić information content (AvgIpc) is 2.55. The van der Waals surface area contributed by atoms with Gasteiger partial charge in [0.15, 0.2) is 5.84 Å². The van der Waals surface area contributed by atoms with Gasteiger partial charge in [0, 0.05) is 18.1 Å². The summed E-state index contributed by atoms with van der Waals surface area (Å²) >= 11 is 0. The molecule has 1 aromatic carbocycles. The molecule has 0 unspecified atom stereocenters. The molecule has 1 aromatic heterocycles. The number of rotatable bonds is 6. The Kier molecular flexibility index (Phi) is 5.78. The van der Waals surface area contributed by atoms with Crippen LogP contribution in [0.5, 0.6) is 0 Å². The van der Waals surface area contributed by atoms with E-state index in [1.807, 2.05) is 0 Å². The zero-order chi connectivity index (χ0) is 18.4. The van der Waals surface area contributed by atoms with Gasteiger partial charge in [0.05, 0.1) is 30.0 Å². The minimum atomic E-state index is -4.39. The van der Waals surface area contributed by atoms with Gasteiger partial charge in [-0.25, -0.2) is 11.0 Å². The average molecular weight is 354 g/mol. The van der Waals surface area contributed by atoms with Crippen molar-refractivity contribution in [3.05, 3.63) is 53.9 Å². The zero-order valence-electron chi connectivity index (χ0n) is 13.0. The Labute approximate surface area is 141 Å². The first-order chi connectivity index (χ1) is 11.8. The van der Waals surface area contributed by atoms with E-state index in [0.717, 1.165) is 17.3 Å². The molecule has 2 aromatic rings. The van der Waals surface area contributed by atoms with Crippen LogP contribution in [-0.2, 0) is 6.18 Å². The number of aromatic nitrogens is 1. The highest BCUT2D eigenvalue weighted by molar-refractivity contribution is 6.02. The SMILES string of the molecule is N/C(=N\N(N)CCO)c1cnccc1Nc1ccc(C(F)(F)F)cc1. The Bertz CT molecular complexity index is 733. The molecule has 0 saturated carbocycles. The van der Waals surface area contributed by atoms with Gasteiger partial charge in [0.1, 0.15) is 0 Å². The number of amidine groups is 1. The summed E-state index contributed by atoms with van der Waals surface area (Å²) in [4.78, 5) is 3.95. The maximum Gasteiger partial charge on any atom is 0.416 e.